The van der Waals surface area contributed by atoms with Crippen molar-refractivity contribution in [3.05, 3.63) is 69.8 Å². The number of amides is 1. The standard InChI is InChI=1S/C20H19Cl2N5O/c1-12-10-18(27(2)3)26-20(23-12)25-15-7-5-14(6-8-15)24-19(28)16-9-4-13(21)11-17(16)22/h4-11H,1-3H3,(H,24,28)(H,23,25,26). The van der Waals surface area contributed by atoms with Crippen LogP contribution in [0.15, 0.2) is 48.5 Å². The number of hydrogen-bond donors (Lipinski definition) is 2. The first kappa shape index (κ1) is 19.9. The third-order valence-corrected chi connectivity index (χ3v) is 4.42. The summed E-state index contributed by atoms with van der Waals surface area (Å²) in [7, 11) is 3.85. The quantitative estimate of drug-likeness (QED) is 0.602. The fourth-order valence-electron chi connectivity index (χ4n) is 2.47. The number of aryl methyl sites for hydroxylation is 1. The summed E-state index contributed by atoms with van der Waals surface area (Å²) < 4.78 is 0. The molecule has 0 spiro atoms. The molecule has 0 aliphatic heterocycles. The Morgan fingerprint density at radius 2 is 1.64 bits per heavy atom. The van der Waals surface area contributed by atoms with Gasteiger partial charge in [0.1, 0.15) is 5.82 Å². The highest BCUT2D eigenvalue weighted by Gasteiger charge is 2.11. The second kappa shape index (κ2) is 8.46. The number of nitrogens with one attached hydrogen (secondary N) is 2. The lowest BCUT2D eigenvalue weighted by Gasteiger charge is -2.14. The highest BCUT2D eigenvalue weighted by molar-refractivity contribution is 6.37. The molecule has 0 radical (unpaired) electrons. The summed E-state index contributed by atoms with van der Waals surface area (Å²) in [5.41, 5.74) is 2.67. The lowest BCUT2D eigenvalue weighted by molar-refractivity contribution is 0.102. The summed E-state index contributed by atoms with van der Waals surface area (Å²) in [5, 5.41) is 6.76. The molecule has 3 rings (SSSR count). The van der Waals surface area contributed by atoms with Crippen molar-refractivity contribution in [2.45, 2.75) is 6.92 Å². The molecule has 0 saturated heterocycles. The van der Waals surface area contributed by atoms with Crippen molar-refractivity contribution in [2.75, 3.05) is 29.6 Å². The average molecular weight is 416 g/mol. The third-order valence-electron chi connectivity index (χ3n) is 3.87. The van der Waals surface area contributed by atoms with Gasteiger partial charge in [-0.25, -0.2) is 4.98 Å². The van der Waals surface area contributed by atoms with Crippen LogP contribution in [0.3, 0.4) is 0 Å². The van der Waals surface area contributed by atoms with Crippen LogP contribution in [0.25, 0.3) is 0 Å². The Bertz CT molecular complexity index is 1010. The zero-order valence-electron chi connectivity index (χ0n) is 15.6. The minimum Gasteiger partial charge on any atom is -0.363 e. The second-order valence-electron chi connectivity index (χ2n) is 6.37. The molecule has 0 bridgehead atoms. The molecule has 0 atom stereocenters. The number of anilines is 4. The lowest BCUT2D eigenvalue weighted by Crippen LogP contribution is -2.13. The van der Waals surface area contributed by atoms with Crippen molar-refractivity contribution in [1.29, 1.82) is 0 Å². The number of carbonyl (C=O) groups excluding carboxylic acids is 1. The van der Waals surface area contributed by atoms with Crippen LogP contribution in [0.5, 0.6) is 0 Å². The van der Waals surface area contributed by atoms with Crippen LogP contribution in [0.4, 0.5) is 23.1 Å². The van der Waals surface area contributed by atoms with Crippen LogP contribution in [-0.2, 0) is 0 Å². The molecule has 2 aromatic carbocycles. The molecule has 0 aliphatic carbocycles. The number of carbonyl (C=O) groups is 1. The predicted molar refractivity (Wildman–Crippen MR) is 115 cm³/mol. The van der Waals surface area contributed by atoms with E-state index in [4.69, 9.17) is 23.2 Å². The number of rotatable bonds is 5. The Hall–Kier alpha value is -2.83. The summed E-state index contributed by atoms with van der Waals surface area (Å²) in [4.78, 5) is 23.2. The smallest absolute Gasteiger partial charge is 0.257 e. The summed E-state index contributed by atoms with van der Waals surface area (Å²) in [5.74, 6) is 1.02. The van der Waals surface area contributed by atoms with Crippen LogP contribution < -0.4 is 15.5 Å². The zero-order valence-corrected chi connectivity index (χ0v) is 17.1. The van der Waals surface area contributed by atoms with Crippen LogP contribution in [-0.4, -0.2) is 30.0 Å². The topological polar surface area (TPSA) is 70.2 Å². The van der Waals surface area contributed by atoms with Crippen LogP contribution in [0.1, 0.15) is 16.1 Å². The number of aromatic nitrogens is 2. The predicted octanol–water partition coefficient (Wildman–Crippen LogP) is 5.15. The Labute approximate surface area is 173 Å². The van der Waals surface area contributed by atoms with E-state index in [2.05, 4.69) is 20.6 Å². The molecule has 0 unspecified atom stereocenters. The van der Waals surface area contributed by atoms with Gasteiger partial charge in [-0.1, -0.05) is 23.2 Å². The molecular weight excluding hydrogens is 397 g/mol. The number of hydrogen-bond acceptors (Lipinski definition) is 5. The largest absolute Gasteiger partial charge is 0.363 e. The molecule has 1 aromatic heterocycles. The first-order chi connectivity index (χ1) is 13.3. The Kier molecular flexibility index (Phi) is 6.02. The van der Waals surface area contributed by atoms with Gasteiger partial charge in [-0.3, -0.25) is 4.79 Å². The van der Waals surface area contributed by atoms with Gasteiger partial charge in [0.2, 0.25) is 5.95 Å². The molecule has 8 heteroatoms. The maximum Gasteiger partial charge on any atom is 0.257 e. The molecule has 0 aliphatic rings. The van der Waals surface area contributed by atoms with Gasteiger partial charge in [-0.15, -0.1) is 0 Å². The summed E-state index contributed by atoms with van der Waals surface area (Å²) >= 11 is 11.9. The summed E-state index contributed by atoms with van der Waals surface area (Å²) in [6, 6.07) is 13.9. The van der Waals surface area contributed by atoms with Gasteiger partial charge in [0.15, 0.2) is 0 Å². The first-order valence-electron chi connectivity index (χ1n) is 8.48. The molecule has 28 heavy (non-hydrogen) atoms. The van der Waals surface area contributed by atoms with Gasteiger partial charge in [-0.2, -0.15) is 4.98 Å². The van der Waals surface area contributed by atoms with E-state index in [1.54, 1.807) is 24.3 Å². The van der Waals surface area contributed by atoms with Gasteiger partial charge < -0.3 is 15.5 Å². The maximum absolute atomic E-state index is 12.4. The van der Waals surface area contributed by atoms with Crippen molar-refractivity contribution < 1.29 is 4.79 Å². The average Bonchev–Trinajstić information content (AvgIpc) is 2.62. The minimum absolute atomic E-state index is 0.302. The minimum atomic E-state index is -0.306. The molecule has 1 heterocycles. The lowest BCUT2D eigenvalue weighted by atomic mass is 10.2. The normalized spacial score (nSPS) is 10.5. The van der Waals surface area contributed by atoms with E-state index in [0.717, 1.165) is 17.2 Å². The van der Waals surface area contributed by atoms with E-state index in [1.165, 1.54) is 6.07 Å². The van der Waals surface area contributed by atoms with E-state index in [9.17, 15) is 4.79 Å². The second-order valence-corrected chi connectivity index (χ2v) is 7.21. The van der Waals surface area contributed by atoms with Gasteiger partial charge in [-0.05, 0) is 49.4 Å². The van der Waals surface area contributed by atoms with E-state index < -0.39 is 0 Å². The molecule has 6 nitrogen and oxygen atoms in total. The van der Waals surface area contributed by atoms with E-state index >= 15 is 0 Å². The zero-order chi connectivity index (χ0) is 20.3. The summed E-state index contributed by atoms with van der Waals surface area (Å²) in [6.07, 6.45) is 0. The SMILES string of the molecule is Cc1cc(N(C)C)nc(Nc2ccc(NC(=O)c3ccc(Cl)cc3Cl)cc2)n1. The van der Waals surface area contributed by atoms with Crippen molar-refractivity contribution in [1.82, 2.24) is 9.97 Å². The van der Waals surface area contributed by atoms with Crippen molar-refractivity contribution in [3.8, 4) is 0 Å². The number of halogens is 2. The Morgan fingerprint density at radius 3 is 2.29 bits per heavy atom. The van der Waals surface area contributed by atoms with Crippen molar-refractivity contribution in [2.24, 2.45) is 0 Å². The van der Waals surface area contributed by atoms with E-state index in [0.29, 0.717) is 27.2 Å². The van der Waals surface area contributed by atoms with Gasteiger partial charge in [0.05, 0.1) is 10.6 Å². The Balaban J connectivity index is 1.71. The van der Waals surface area contributed by atoms with Crippen molar-refractivity contribution in [3.63, 3.8) is 0 Å². The van der Waals surface area contributed by atoms with Gasteiger partial charge >= 0.3 is 0 Å². The molecule has 0 fully saturated rings. The molecule has 1 amide bonds. The van der Waals surface area contributed by atoms with E-state index in [1.807, 2.05) is 44.1 Å². The molecule has 0 saturated carbocycles. The summed E-state index contributed by atoms with van der Waals surface area (Å²) in [6.45, 7) is 1.92. The highest BCUT2D eigenvalue weighted by Crippen LogP contribution is 2.23. The molecular formula is C20H19Cl2N5O. The van der Waals surface area contributed by atoms with Crippen LogP contribution >= 0.6 is 23.2 Å². The first-order valence-corrected chi connectivity index (χ1v) is 9.24. The van der Waals surface area contributed by atoms with Crippen molar-refractivity contribution >= 4 is 52.3 Å². The molecule has 144 valence electrons. The van der Waals surface area contributed by atoms with Crippen LogP contribution in [0, 0.1) is 6.92 Å². The molecule has 3 aromatic rings. The van der Waals surface area contributed by atoms with Gasteiger partial charge in [0, 0.05) is 42.3 Å². The third kappa shape index (κ3) is 4.91. The fourth-order valence-corrected chi connectivity index (χ4v) is 2.97. The fraction of sp³-hybridized carbons (Fsp3) is 0.150. The molecule has 2 N–H and O–H groups in total. The van der Waals surface area contributed by atoms with E-state index in [-0.39, 0.29) is 5.91 Å². The van der Waals surface area contributed by atoms with Crippen LogP contribution in [0.2, 0.25) is 10.0 Å². The number of nitrogens with zero attached hydrogens (tertiary/aromatic N) is 3. The number of benzene rings is 2. The van der Waals surface area contributed by atoms with Gasteiger partial charge in [0.25, 0.3) is 5.91 Å². The highest BCUT2D eigenvalue weighted by atomic mass is 35.5. The maximum atomic E-state index is 12.4. The Morgan fingerprint density at radius 1 is 0.964 bits per heavy atom. The monoisotopic (exact) mass is 415 g/mol.